The smallest absolute Gasteiger partial charge is 0.0816 e. The maximum Gasteiger partial charge on any atom is 0.0816 e. The van der Waals surface area contributed by atoms with Crippen molar-refractivity contribution in [3.63, 3.8) is 0 Å². The lowest BCUT2D eigenvalue weighted by molar-refractivity contribution is -0.254. The van der Waals surface area contributed by atoms with Crippen LogP contribution in [0.5, 0.6) is 0 Å². The minimum atomic E-state index is -1.16. The molecule has 0 N–H and O–H groups in total. The van der Waals surface area contributed by atoms with Crippen molar-refractivity contribution in [2.24, 2.45) is 0 Å². The molecular formula is C16H12NO2S-. The highest BCUT2D eigenvalue weighted by Gasteiger charge is 2.11. The quantitative estimate of drug-likeness (QED) is 0.726. The number of nitrogens with zero attached hydrogens (tertiary/aromatic N) is 1. The number of benzene rings is 1. The van der Waals surface area contributed by atoms with Gasteiger partial charge in [-0.15, -0.1) is 11.3 Å². The molecule has 0 aliphatic heterocycles. The maximum absolute atomic E-state index is 11.4. The van der Waals surface area contributed by atoms with E-state index in [0.29, 0.717) is 16.6 Å². The molecule has 0 aliphatic rings. The summed E-state index contributed by atoms with van der Waals surface area (Å²) in [6, 6.07) is 9.32. The summed E-state index contributed by atoms with van der Waals surface area (Å²) in [5.41, 5.74) is 3.56. The number of pyridine rings is 1. The lowest BCUT2D eigenvalue weighted by Gasteiger charge is -2.12. The van der Waals surface area contributed by atoms with E-state index < -0.39 is 5.97 Å². The van der Waals surface area contributed by atoms with Crippen molar-refractivity contribution in [1.82, 2.24) is 4.98 Å². The van der Waals surface area contributed by atoms with Gasteiger partial charge in [-0.05, 0) is 48.6 Å². The molecule has 0 spiro atoms. The van der Waals surface area contributed by atoms with Crippen molar-refractivity contribution < 1.29 is 9.90 Å². The van der Waals surface area contributed by atoms with Gasteiger partial charge in [0, 0.05) is 10.9 Å². The van der Waals surface area contributed by atoms with Gasteiger partial charge < -0.3 is 9.90 Å². The molecule has 0 saturated heterocycles. The van der Waals surface area contributed by atoms with Gasteiger partial charge in [-0.25, -0.2) is 4.98 Å². The molecule has 3 nitrogen and oxygen atoms in total. The Balaban J connectivity index is 2.40. The van der Waals surface area contributed by atoms with Crippen molar-refractivity contribution in [2.45, 2.75) is 13.8 Å². The van der Waals surface area contributed by atoms with E-state index in [1.807, 2.05) is 43.5 Å². The molecule has 0 atom stereocenters. The van der Waals surface area contributed by atoms with Gasteiger partial charge in [0.1, 0.15) is 0 Å². The Labute approximate surface area is 120 Å². The number of aromatic nitrogens is 1. The highest BCUT2D eigenvalue weighted by atomic mass is 32.1. The summed E-state index contributed by atoms with van der Waals surface area (Å²) in [7, 11) is 0. The van der Waals surface area contributed by atoms with Crippen molar-refractivity contribution in [2.75, 3.05) is 0 Å². The van der Waals surface area contributed by atoms with Crippen LogP contribution in [0.15, 0.2) is 35.7 Å². The number of aromatic carboxylic acids is 1. The number of aryl methyl sites for hydroxylation is 2. The van der Waals surface area contributed by atoms with Crippen LogP contribution in [0.1, 0.15) is 21.5 Å². The van der Waals surface area contributed by atoms with Gasteiger partial charge in [-0.2, -0.15) is 0 Å². The van der Waals surface area contributed by atoms with Gasteiger partial charge in [0.25, 0.3) is 0 Å². The third-order valence-corrected chi connectivity index (χ3v) is 4.14. The number of carboxylic acid groups (broad SMARTS) is 1. The van der Waals surface area contributed by atoms with Crippen LogP contribution in [0, 0.1) is 13.8 Å². The highest BCUT2D eigenvalue weighted by molar-refractivity contribution is 7.13. The van der Waals surface area contributed by atoms with Crippen LogP contribution in [-0.2, 0) is 0 Å². The topological polar surface area (TPSA) is 53.0 Å². The van der Waals surface area contributed by atoms with Crippen LogP contribution in [0.4, 0.5) is 0 Å². The van der Waals surface area contributed by atoms with E-state index in [-0.39, 0.29) is 5.56 Å². The lowest BCUT2D eigenvalue weighted by Crippen LogP contribution is -2.23. The number of carbonyl (C=O) groups excluding carboxylic acids is 1. The lowest BCUT2D eigenvalue weighted by atomic mass is 10.0. The molecule has 20 heavy (non-hydrogen) atoms. The fourth-order valence-electron chi connectivity index (χ4n) is 2.47. The molecule has 0 radical (unpaired) electrons. The summed E-state index contributed by atoms with van der Waals surface area (Å²) in [5.74, 6) is -1.16. The summed E-state index contributed by atoms with van der Waals surface area (Å²) in [6.45, 7) is 3.87. The summed E-state index contributed by atoms with van der Waals surface area (Å²) >= 11 is 1.54. The van der Waals surface area contributed by atoms with E-state index in [2.05, 4.69) is 4.98 Å². The zero-order chi connectivity index (χ0) is 14.3. The first-order valence-electron chi connectivity index (χ1n) is 6.23. The number of fused-ring (bicyclic) bond motifs is 1. The molecule has 0 amide bonds. The molecule has 0 unspecified atom stereocenters. The second kappa shape index (κ2) is 4.72. The molecule has 0 fully saturated rings. The largest absolute Gasteiger partial charge is 0.545 e. The Bertz CT molecular complexity index is 807. The molecule has 2 heterocycles. The molecule has 3 aromatic rings. The first-order valence-corrected chi connectivity index (χ1v) is 7.11. The third-order valence-electron chi connectivity index (χ3n) is 3.24. The van der Waals surface area contributed by atoms with E-state index in [0.717, 1.165) is 16.0 Å². The summed E-state index contributed by atoms with van der Waals surface area (Å²) in [4.78, 5) is 17.0. The molecule has 1 aromatic carbocycles. The van der Waals surface area contributed by atoms with Crippen molar-refractivity contribution in [1.29, 1.82) is 0 Å². The second-order valence-corrected chi connectivity index (χ2v) is 5.74. The number of thiophene rings is 1. The first-order chi connectivity index (χ1) is 9.56. The predicted octanol–water partition coefficient (Wildman–Crippen LogP) is 2.94. The first kappa shape index (κ1) is 12.8. The van der Waals surface area contributed by atoms with Gasteiger partial charge in [-0.3, -0.25) is 0 Å². The number of carboxylic acids is 1. The maximum atomic E-state index is 11.4. The van der Waals surface area contributed by atoms with E-state index in [4.69, 9.17) is 0 Å². The molecule has 0 saturated carbocycles. The molecule has 4 heteroatoms. The van der Waals surface area contributed by atoms with E-state index in [9.17, 15) is 9.90 Å². The van der Waals surface area contributed by atoms with Crippen LogP contribution in [-0.4, -0.2) is 11.0 Å². The van der Waals surface area contributed by atoms with Crippen molar-refractivity contribution in [3.05, 3.63) is 52.4 Å². The highest BCUT2D eigenvalue weighted by Crippen LogP contribution is 2.29. The Hall–Kier alpha value is -2.20. The van der Waals surface area contributed by atoms with Crippen LogP contribution in [0.25, 0.3) is 21.5 Å². The molecule has 3 rings (SSSR count). The third kappa shape index (κ3) is 2.08. The van der Waals surface area contributed by atoms with Gasteiger partial charge in [0.2, 0.25) is 0 Å². The average Bonchev–Trinajstić information content (AvgIpc) is 2.90. The molecular weight excluding hydrogens is 270 g/mol. The Morgan fingerprint density at radius 2 is 2.05 bits per heavy atom. The van der Waals surface area contributed by atoms with Gasteiger partial charge in [0.15, 0.2) is 0 Å². The Kier molecular flexibility index (Phi) is 3.03. The van der Waals surface area contributed by atoms with Crippen molar-refractivity contribution in [3.8, 4) is 10.6 Å². The zero-order valence-corrected chi connectivity index (χ0v) is 12.0. The molecule has 0 bridgehead atoms. The van der Waals surface area contributed by atoms with Crippen molar-refractivity contribution >= 4 is 28.2 Å². The summed E-state index contributed by atoms with van der Waals surface area (Å²) < 4.78 is 0. The number of carbonyl (C=O) groups is 1. The van der Waals surface area contributed by atoms with Crippen LogP contribution >= 0.6 is 11.3 Å². The van der Waals surface area contributed by atoms with Gasteiger partial charge in [-0.1, -0.05) is 12.1 Å². The Morgan fingerprint density at radius 3 is 2.70 bits per heavy atom. The number of rotatable bonds is 2. The number of hydrogen-bond acceptors (Lipinski definition) is 4. The fraction of sp³-hybridized carbons (Fsp3) is 0.125. The monoisotopic (exact) mass is 282 g/mol. The average molecular weight is 282 g/mol. The van der Waals surface area contributed by atoms with Gasteiger partial charge >= 0.3 is 0 Å². The standard InChI is InChI=1S/C16H13NO2S/c1-9-6-10(2)15-11(16(18)19)8-12(17-13(15)7-9)14-4-3-5-20-14/h3-8H,1-2H3,(H,18,19)/p-1. The predicted molar refractivity (Wildman–Crippen MR) is 78.9 cm³/mol. The minimum Gasteiger partial charge on any atom is -0.545 e. The molecule has 100 valence electrons. The molecule has 0 aliphatic carbocycles. The molecule has 2 aromatic heterocycles. The Morgan fingerprint density at radius 1 is 1.25 bits per heavy atom. The summed E-state index contributed by atoms with van der Waals surface area (Å²) in [5, 5.41) is 14.0. The van der Waals surface area contributed by atoms with Crippen LogP contribution < -0.4 is 5.11 Å². The van der Waals surface area contributed by atoms with Crippen LogP contribution in [0.2, 0.25) is 0 Å². The van der Waals surface area contributed by atoms with Gasteiger partial charge in [0.05, 0.1) is 22.1 Å². The second-order valence-electron chi connectivity index (χ2n) is 4.80. The van der Waals surface area contributed by atoms with E-state index >= 15 is 0 Å². The number of hydrogen-bond donors (Lipinski definition) is 0. The normalized spacial score (nSPS) is 10.9. The van der Waals surface area contributed by atoms with E-state index in [1.165, 1.54) is 11.3 Å². The van der Waals surface area contributed by atoms with Crippen LogP contribution in [0.3, 0.4) is 0 Å². The zero-order valence-electron chi connectivity index (χ0n) is 11.1. The SMILES string of the molecule is Cc1cc(C)c2c(C(=O)[O-])cc(-c3cccs3)nc2c1. The minimum absolute atomic E-state index is 0.205. The van der Waals surface area contributed by atoms with E-state index in [1.54, 1.807) is 6.07 Å². The fourth-order valence-corrected chi connectivity index (χ4v) is 3.15. The summed E-state index contributed by atoms with van der Waals surface area (Å²) in [6.07, 6.45) is 0.